The van der Waals surface area contributed by atoms with Gasteiger partial charge in [-0.05, 0) is 40.9 Å². The molecule has 3 heterocycles. The maximum absolute atomic E-state index is 5.43. The van der Waals surface area contributed by atoms with Gasteiger partial charge < -0.3 is 9.64 Å². The summed E-state index contributed by atoms with van der Waals surface area (Å²) in [6, 6.07) is 2.80. The molecule has 2 fully saturated rings. The summed E-state index contributed by atoms with van der Waals surface area (Å²) in [5, 5.41) is 0. The van der Waals surface area contributed by atoms with Crippen LogP contribution in [0.1, 0.15) is 12.0 Å². The van der Waals surface area contributed by atoms with E-state index >= 15 is 0 Å². The van der Waals surface area contributed by atoms with E-state index in [1.165, 1.54) is 12.0 Å². The van der Waals surface area contributed by atoms with Crippen molar-refractivity contribution < 1.29 is 4.74 Å². The van der Waals surface area contributed by atoms with Gasteiger partial charge in [-0.1, -0.05) is 0 Å². The van der Waals surface area contributed by atoms with E-state index < -0.39 is 0 Å². The number of aromatic nitrogens is 1. The molecule has 0 bridgehead atoms. The summed E-state index contributed by atoms with van der Waals surface area (Å²) >= 11 is 3.64. The number of aryl methyl sites for hydroxylation is 1. The lowest BCUT2D eigenvalue weighted by Crippen LogP contribution is -2.44. The Hall–Kier alpha value is -0.650. The summed E-state index contributed by atoms with van der Waals surface area (Å²) < 4.78 is 6.53. The third-order valence-corrected chi connectivity index (χ3v) is 4.57. The van der Waals surface area contributed by atoms with E-state index in [1.54, 1.807) is 0 Å². The number of pyridine rings is 1. The lowest BCUT2D eigenvalue weighted by Gasteiger charge is -2.32. The third kappa shape index (κ3) is 2.93. The molecule has 1 aromatic rings. The van der Waals surface area contributed by atoms with Crippen LogP contribution in [-0.2, 0) is 4.74 Å². The van der Waals surface area contributed by atoms with Gasteiger partial charge in [0.15, 0.2) is 0 Å². The van der Waals surface area contributed by atoms with E-state index in [0.717, 1.165) is 49.7 Å². The molecule has 5 heteroatoms. The average Bonchev–Trinajstić information content (AvgIpc) is 2.89. The maximum atomic E-state index is 5.43. The van der Waals surface area contributed by atoms with E-state index in [-0.39, 0.29) is 0 Å². The van der Waals surface area contributed by atoms with Crippen molar-refractivity contribution in [1.29, 1.82) is 0 Å². The van der Waals surface area contributed by atoms with Crippen LogP contribution in [0.25, 0.3) is 0 Å². The fourth-order valence-electron chi connectivity index (χ4n) is 2.93. The maximum Gasteiger partial charge on any atom is 0.142 e. The van der Waals surface area contributed by atoms with Crippen molar-refractivity contribution in [3.8, 4) is 0 Å². The molecule has 0 aromatic carbocycles. The molecule has 0 spiro atoms. The Balaban J connectivity index is 1.67. The Kier molecular flexibility index (Phi) is 4.05. The second-order valence-electron chi connectivity index (χ2n) is 5.35. The van der Waals surface area contributed by atoms with Crippen LogP contribution in [0.15, 0.2) is 16.7 Å². The van der Waals surface area contributed by atoms with E-state index in [1.807, 2.05) is 6.20 Å². The molecular weight excluding hydrogens is 306 g/mol. The summed E-state index contributed by atoms with van der Waals surface area (Å²) in [5.74, 6) is 1.08. The van der Waals surface area contributed by atoms with Crippen molar-refractivity contribution in [2.75, 3.05) is 44.3 Å². The number of anilines is 1. The van der Waals surface area contributed by atoms with E-state index in [9.17, 15) is 0 Å². The third-order valence-electron chi connectivity index (χ3n) is 3.98. The second-order valence-corrected chi connectivity index (χ2v) is 6.21. The highest BCUT2D eigenvalue weighted by molar-refractivity contribution is 9.10. The molecule has 0 amide bonds. The zero-order valence-electron chi connectivity index (χ0n) is 11.3. The minimum atomic E-state index is 0.652. The van der Waals surface area contributed by atoms with E-state index in [2.05, 4.69) is 43.7 Å². The van der Waals surface area contributed by atoms with Gasteiger partial charge in [-0.2, -0.15) is 0 Å². The normalized spacial score (nSPS) is 24.9. The highest BCUT2D eigenvalue weighted by Gasteiger charge is 2.30. The summed E-state index contributed by atoms with van der Waals surface area (Å²) in [7, 11) is 0. The lowest BCUT2D eigenvalue weighted by atomic mass is 10.2. The fourth-order valence-corrected chi connectivity index (χ4v) is 3.65. The molecule has 3 rings (SSSR count). The topological polar surface area (TPSA) is 28.6 Å². The van der Waals surface area contributed by atoms with Crippen LogP contribution in [0.4, 0.5) is 5.82 Å². The molecule has 1 atom stereocenters. The Bertz CT molecular complexity index is 448. The number of ether oxygens (including phenoxy) is 1. The first kappa shape index (κ1) is 13.3. The predicted molar refractivity (Wildman–Crippen MR) is 79.7 cm³/mol. The zero-order chi connectivity index (χ0) is 13.2. The fraction of sp³-hybridized carbons (Fsp3) is 0.643. The summed E-state index contributed by atoms with van der Waals surface area (Å²) in [5.41, 5.74) is 1.19. The van der Waals surface area contributed by atoms with Gasteiger partial charge in [0.25, 0.3) is 0 Å². The minimum absolute atomic E-state index is 0.652. The lowest BCUT2D eigenvalue weighted by molar-refractivity contribution is 0.0209. The average molecular weight is 326 g/mol. The molecular formula is C14H20BrN3O. The van der Waals surface area contributed by atoms with Crippen LogP contribution in [0, 0.1) is 6.92 Å². The molecule has 104 valence electrons. The van der Waals surface area contributed by atoms with Gasteiger partial charge >= 0.3 is 0 Å². The smallest absolute Gasteiger partial charge is 0.142 e. The highest BCUT2D eigenvalue weighted by atomic mass is 79.9. The molecule has 2 aliphatic rings. The minimum Gasteiger partial charge on any atom is -0.379 e. The Labute approximate surface area is 122 Å². The molecule has 2 saturated heterocycles. The van der Waals surface area contributed by atoms with Gasteiger partial charge in [0.1, 0.15) is 5.82 Å². The number of hydrogen-bond donors (Lipinski definition) is 0. The highest BCUT2D eigenvalue weighted by Crippen LogP contribution is 2.28. The predicted octanol–water partition coefficient (Wildman–Crippen LogP) is 2.06. The van der Waals surface area contributed by atoms with Crippen LogP contribution in [0.2, 0.25) is 0 Å². The molecule has 0 saturated carbocycles. The Morgan fingerprint density at radius 2 is 2.11 bits per heavy atom. The van der Waals surface area contributed by atoms with Gasteiger partial charge in [0.05, 0.1) is 17.7 Å². The van der Waals surface area contributed by atoms with Crippen LogP contribution in [-0.4, -0.2) is 55.3 Å². The number of halogens is 1. The van der Waals surface area contributed by atoms with Crippen molar-refractivity contribution in [1.82, 2.24) is 9.88 Å². The number of rotatable bonds is 2. The van der Waals surface area contributed by atoms with Gasteiger partial charge in [-0.3, -0.25) is 4.90 Å². The van der Waals surface area contributed by atoms with Crippen LogP contribution in [0.5, 0.6) is 0 Å². The van der Waals surface area contributed by atoms with Gasteiger partial charge in [-0.25, -0.2) is 4.98 Å². The first-order chi connectivity index (χ1) is 9.24. The zero-order valence-corrected chi connectivity index (χ0v) is 12.9. The monoisotopic (exact) mass is 325 g/mol. The van der Waals surface area contributed by atoms with Gasteiger partial charge in [0, 0.05) is 38.4 Å². The first-order valence-electron chi connectivity index (χ1n) is 6.93. The number of nitrogens with zero attached hydrogens (tertiary/aromatic N) is 3. The number of hydrogen-bond acceptors (Lipinski definition) is 4. The number of morpholine rings is 1. The van der Waals surface area contributed by atoms with Crippen molar-refractivity contribution >= 4 is 21.7 Å². The van der Waals surface area contributed by atoms with Crippen molar-refractivity contribution in [2.45, 2.75) is 19.4 Å². The molecule has 1 unspecified atom stereocenters. The van der Waals surface area contributed by atoms with E-state index in [0.29, 0.717) is 6.04 Å². The molecule has 1 aromatic heterocycles. The van der Waals surface area contributed by atoms with Gasteiger partial charge in [-0.15, -0.1) is 0 Å². The Morgan fingerprint density at radius 3 is 2.84 bits per heavy atom. The molecule has 19 heavy (non-hydrogen) atoms. The summed E-state index contributed by atoms with van der Waals surface area (Å²) in [6.07, 6.45) is 3.17. The summed E-state index contributed by atoms with van der Waals surface area (Å²) in [4.78, 5) is 9.53. The standard InChI is InChI=1S/C14H20BrN3O/c1-11-8-13(15)14(16-9-11)18-3-2-12(10-18)17-4-6-19-7-5-17/h8-9,12H,2-7,10H2,1H3. The largest absolute Gasteiger partial charge is 0.379 e. The molecule has 0 aliphatic carbocycles. The van der Waals surface area contributed by atoms with Crippen LogP contribution < -0.4 is 4.90 Å². The van der Waals surface area contributed by atoms with Crippen molar-refractivity contribution in [3.63, 3.8) is 0 Å². The van der Waals surface area contributed by atoms with Gasteiger partial charge in [0.2, 0.25) is 0 Å². The molecule has 0 radical (unpaired) electrons. The molecule has 2 aliphatic heterocycles. The van der Waals surface area contributed by atoms with Crippen LogP contribution in [0.3, 0.4) is 0 Å². The van der Waals surface area contributed by atoms with E-state index in [4.69, 9.17) is 4.74 Å². The molecule has 4 nitrogen and oxygen atoms in total. The SMILES string of the molecule is Cc1cnc(N2CCC(N3CCOCC3)C2)c(Br)c1. The molecule has 0 N–H and O–H groups in total. The Morgan fingerprint density at radius 1 is 1.32 bits per heavy atom. The first-order valence-corrected chi connectivity index (χ1v) is 7.72. The quantitative estimate of drug-likeness (QED) is 0.832. The van der Waals surface area contributed by atoms with Crippen molar-refractivity contribution in [2.24, 2.45) is 0 Å². The second kappa shape index (κ2) is 5.77. The van der Waals surface area contributed by atoms with Crippen molar-refractivity contribution in [3.05, 3.63) is 22.3 Å². The summed E-state index contributed by atoms with van der Waals surface area (Å²) in [6.45, 7) is 8.14. The van der Waals surface area contributed by atoms with Crippen LogP contribution >= 0.6 is 15.9 Å².